The van der Waals surface area contributed by atoms with E-state index in [1.54, 1.807) is 7.11 Å². The van der Waals surface area contributed by atoms with Gasteiger partial charge in [-0.05, 0) is 55.0 Å². The summed E-state index contributed by atoms with van der Waals surface area (Å²) in [5, 5.41) is 11.8. The van der Waals surface area contributed by atoms with E-state index in [9.17, 15) is 4.79 Å². The van der Waals surface area contributed by atoms with E-state index in [0.29, 0.717) is 17.4 Å². The lowest BCUT2D eigenvalue weighted by atomic mass is 9.88. The lowest BCUT2D eigenvalue weighted by Crippen LogP contribution is -2.36. The third-order valence-corrected chi connectivity index (χ3v) is 6.65. The van der Waals surface area contributed by atoms with Crippen molar-refractivity contribution < 1.29 is 9.53 Å². The molecule has 162 valence electrons. The third-order valence-electron chi connectivity index (χ3n) is 5.59. The molecule has 0 bridgehead atoms. The number of aromatic nitrogens is 3. The second-order valence-electron chi connectivity index (χ2n) is 7.71. The van der Waals surface area contributed by atoms with Gasteiger partial charge in [0.25, 0.3) is 0 Å². The Kier molecular flexibility index (Phi) is 6.46. The number of benzene rings is 2. The number of amides is 1. The smallest absolute Gasteiger partial charge is 0.233 e. The zero-order valence-corrected chi connectivity index (χ0v) is 18.6. The first-order valence-corrected chi connectivity index (χ1v) is 11.3. The van der Waals surface area contributed by atoms with Crippen LogP contribution in [-0.4, -0.2) is 33.1 Å². The predicted octanol–water partition coefficient (Wildman–Crippen LogP) is 3.27. The number of carbonyl (C=O) groups is 1. The van der Waals surface area contributed by atoms with Gasteiger partial charge >= 0.3 is 0 Å². The Labute approximate surface area is 186 Å². The summed E-state index contributed by atoms with van der Waals surface area (Å²) in [5.41, 5.74) is 3.60. The summed E-state index contributed by atoms with van der Waals surface area (Å²) in [5.74, 6) is 7.64. The first-order chi connectivity index (χ1) is 15.0. The predicted molar refractivity (Wildman–Crippen MR) is 122 cm³/mol. The summed E-state index contributed by atoms with van der Waals surface area (Å²) < 4.78 is 6.65. The van der Waals surface area contributed by atoms with Gasteiger partial charge in [0.2, 0.25) is 11.1 Å². The molecule has 4 rings (SSSR count). The van der Waals surface area contributed by atoms with Gasteiger partial charge in [0.1, 0.15) is 5.75 Å². The minimum absolute atomic E-state index is 0.0218. The zero-order chi connectivity index (χ0) is 21.8. The maximum absolute atomic E-state index is 12.9. The van der Waals surface area contributed by atoms with Crippen LogP contribution < -0.4 is 15.9 Å². The van der Waals surface area contributed by atoms with Crippen molar-refractivity contribution >= 4 is 17.7 Å². The van der Waals surface area contributed by atoms with Crippen molar-refractivity contribution in [1.29, 1.82) is 0 Å². The van der Waals surface area contributed by atoms with E-state index < -0.39 is 0 Å². The quantitative estimate of drug-likeness (QED) is 0.435. The number of nitrogens with one attached hydrogen (secondary N) is 1. The summed E-state index contributed by atoms with van der Waals surface area (Å²) in [6.07, 6.45) is 3.65. The number of rotatable bonds is 7. The second-order valence-corrected chi connectivity index (χ2v) is 9.01. The first-order valence-electron chi connectivity index (χ1n) is 10.4. The summed E-state index contributed by atoms with van der Waals surface area (Å²) in [4.78, 5) is 12.9. The van der Waals surface area contributed by atoms with Gasteiger partial charge in [-0.1, -0.05) is 48.2 Å². The molecule has 0 spiro atoms. The number of hydrogen-bond donors (Lipinski definition) is 2. The van der Waals surface area contributed by atoms with Crippen molar-refractivity contribution in [2.45, 2.75) is 49.1 Å². The highest BCUT2D eigenvalue weighted by Gasteiger charge is 2.25. The summed E-state index contributed by atoms with van der Waals surface area (Å²) in [6.45, 7) is 1.87. The Morgan fingerprint density at radius 2 is 2.03 bits per heavy atom. The van der Waals surface area contributed by atoms with Crippen LogP contribution in [0.3, 0.4) is 0 Å². The van der Waals surface area contributed by atoms with E-state index in [-0.39, 0.29) is 17.2 Å². The number of carbonyl (C=O) groups excluding carboxylic acids is 1. The minimum Gasteiger partial charge on any atom is -0.497 e. The number of aryl methyl sites for hydroxylation is 1. The number of fused-ring (bicyclic) bond motifs is 1. The van der Waals surface area contributed by atoms with Gasteiger partial charge in [-0.3, -0.25) is 4.79 Å². The van der Waals surface area contributed by atoms with Crippen molar-refractivity contribution in [3.05, 3.63) is 71.0 Å². The van der Waals surface area contributed by atoms with Crippen molar-refractivity contribution in [2.24, 2.45) is 0 Å². The molecule has 2 aromatic carbocycles. The average Bonchev–Trinajstić information content (AvgIpc) is 3.13. The van der Waals surface area contributed by atoms with E-state index in [2.05, 4.69) is 33.7 Å². The number of thioether (sulfide) groups is 1. The fourth-order valence-electron chi connectivity index (χ4n) is 3.84. The molecule has 8 heteroatoms. The molecule has 0 saturated carbocycles. The molecule has 1 amide bonds. The standard InChI is InChI=1S/C23H27N5O2S/c1-15(22(29)25-20-9-5-7-17-6-3-4-8-19(17)20)31-23-27-26-21(28(23)24)14-16-10-12-18(30-2)13-11-16/h3-4,6,8,10-13,15,20H,5,7,9,14,24H2,1-2H3,(H,25,29)/t15-,20-/m0/s1. The van der Waals surface area contributed by atoms with Gasteiger partial charge in [0, 0.05) is 6.42 Å². The molecule has 31 heavy (non-hydrogen) atoms. The van der Waals surface area contributed by atoms with E-state index in [1.165, 1.54) is 27.6 Å². The Morgan fingerprint density at radius 3 is 2.81 bits per heavy atom. The lowest BCUT2D eigenvalue weighted by Gasteiger charge is -2.27. The lowest BCUT2D eigenvalue weighted by molar-refractivity contribution is -0.121. The molecule has 2 atom stereocenters. The molecule has 1 aromatic heterocycles. The highest BCUT2D eigenvalue weighted by atomic mass is 32.2. The topological polar surface area (TPSA) is 95.1 Å². The van der Waals surface area contributed by atoms with Gasteiger partial charge < -0.3 is 15.9 Å². The van der Waals surface area contributed by atoms with Gasteiger partial charge in [-0.25, -0.2) is 4.68 Å². The van der Waals surface area contributed by atoms with Crippen LogP contribution in [-0.2, 0) is 17.6 Å². The number of nitrogen functional groups attached to an aromatic ring is 1. The normalized spacial score (nSPS) is 16.4. The van der Waals surface area contributed by atoms with Crippen LogP contribution in [0, 0.1) is 0 Å². The molecule has 0 fully saturated rings. The fourth-order valence-corrected chi connectivity index (χ4v) is 4.64. The first kappa shape index (κ1) is 21.2. The van der Waals surface area contributed by atoms with Gasteiger partial charge in [0.05, 0.1) is 18.4 Å². The van der Waals surface area contributed by atoms with Gasteiger partial charge in [-0.2, -0.15) is 0 Å². The molecule has 1 aliphatic carbocycles. The Hall–Kier alpha value is -3.00. The molecular formula is C23H27N5O2S. The highest BCUT2D eigenvalue weighted by molar-refractivity contribution is 8.00. The van der Waals surface area contributed by atoms with Crippen LogP contribution >= 0.6 is 11.8 Å². The van der Waals surface area contributed by atoms with Gasteiger partial charge in [0.15, 0.2) is 5.82 Å². The summed E-state index contributed by atoms with van der Waals surface area (Å²) >= 11 is 1.32. The largest absolute Gasteiger partial charge is 0.497 e. The van der Waals surface area contributed by atoms with Crippen LogP contribution in [0.25, 0.3) is 0 Å². The monoisotopic (exact) mass is 437 g/mol. The Morgan fingerprint density at radius 1 is 1.26 bits per heavy atom. The van der Waals surface area contributed by atoms with Gasteiger partial charge in [-0.15, -0.1) is 10.2 Å². The summed E-state index contributed by atoms with van der Waals surface area (Å²) in [7, 11) is 1.64. The number of methoxy groups -OCH3 is 1. The number of nitrogens with zero attached hydrogens (tertiary/aromatic N) is 3. The Balaban J connectivity index is 1.38. The molecular weight excluding hydrogens is 410 g/mol. The fraction of sp³-hybridized carbons (Fsp3) is 0.348. The van der Waals surface area contributed by atoms with Crippen molar-refractivity contribution in [3.8, 4) is 5.75 Å². The molecule has 0 radical (unpaired) electrons. The third kappa shape index (κ3) is 4.85. The van der Waals surface area contributed by atoms with Crippen molar-refractivity contribution in [3.63, 3.8) is 0 Å². The average molecular weight is 438 g/mol. The van der Waals surface area contributed by atoms with Crippen LogP contribution in [0.15, 0.2) is 53.7 Å². The van der Waals surface area contributed by atoms with Crippen LogP contribution in [0.5, 0.6) is 5.75 Å². The van der Waals surface area contributed by atoms with Crippen LogP contribution in [0.4, 0.5) is 0 Å². The molecule has 7 nitrogen and oxygen atoms in total. The number of ether oxygens (including phenoxy) is 1. The molecule has 1 aliphatic rings. The minimum atomic E-state index is -0.338. The zero-order valence-electron chi connectivity index (χ0n) is 17.7. The highest BCUT2D eigenvalue weighted by Crippen LogP contribution is 2.30. The van der Waals surface area contributed by atoms with Crippen molar-refractivity contribution in [2.75, 3.05) is 13.0 Å². The van der Waals surface area contributed by atoms with E-state index in [0.717, 1.165) is 30.6 Å². The van der Waals surface area contributed by atoms with E-state index >= 15 is 0 Å². The molecule has 1 heterocycles. The number of nitrogens with two attached hydrogens (primary N) is 1. The van der Waals surface area contributed by atoms with E-state index in [1.807, 2.05) is 37.3 Å². The maximum Gasteiger partial charge on any atom is 0.233 e. The van der Waals surface area contributed by atoms with E-state index in [4.69, 9.17) is 10.6 Å². The summed E-state index contributed by atoms with van der Waals surface area (Å²) in [6, 6.07) is 16.1. The molecule has 0 saturated heterocycles. The second kappa shape index (κ2) is 9.43. The van der Waals surface area contributed by atoms with Crippen LogP contribution in [0.2, 0.25) is 0 Å². The molecule has 0 aliphatic heterocycles. The molecule has 3 aromatic rings. The molecule has 3 N–H and O–H groups in total. The number of hydrogen-bond acceptors (Lipinski definition) is 6. The van der Waals surface area contributed by atoms with Crippen LogP contribution in [0.1, 0.15) is 48.3 Å². The van der Waals surface area contributed by atoms with Crippen molar-refractivity contribution in [1.82, 2.24) is 20.2 Å². The SMILES string of the molecule is COc1ccc(Cc2nnc(S[C@@H](C)C(=O)N[C@H]3CCCc4ccccc43)n2N)cc1. The Bertz CT molecular complexity index is 1050. The molecule has 0 unspecified atom stereocenters. The maximum atomic E-state index is 12.9.